The van der Waals surface area contributed by atoms with Crippen molar-refractivity contribution < 1.29 is 13.2 Å². The lowest BCUT2D eigenvalue weighted by atomic mass is 9.97. The first kappa shape index (κ1) is 22.3. The molecule has 4 rings (SSSR count). The van der Waals surface area contributed by atoms with Crippen molar-refractivity contribution in [2.24, 2.45) is 5.92 Å². The van der Waals surface area contributed by atoms with E-state index < -0.39 is 10.0 Å². The summed E-state index contributed by atoms with van der Waals surface area (Å²) in [5.74, 6) is -0.374. The second-order valence-electron chi connectivity index (χ2n) is 7.24. The molecule has 0 radical (unpaired) electrons. The molecule has 31 heavy (non-hydrogen) atoms. The van der Waals surface area contributed by atoms with Gasteiger partial charge in [-0.25, -0.2) is 8.42 Å². The van der Waals surface area contributed by atoms with Crippen molar-refractivity contribution in [2.75, 3.05) is 18.4 Å². The summed E-state index contributed by atoms with van der Waals surface area (Å²) in [6.07, 6.45) is 0.850. The Kier molecular flexibility index (Phi) is 6.69. The maximum absolute atomic E-state index is 13.0. The van der Waals surface area contributed by atoms with E-state index in [1.807, 2.05) is 41.8 Å². The zero-order chi connectivity index (χ0) is 22.0. The van der Waals surface area contributed by atoms with Gasteiger partial charge in [0.15, 0.2) is 0 Å². The molecule has 0 spiro atoms. The molecular weight excluding hydrogens is 475 g/mol. The van der Waals surface area contributed by atoms with E-state index in [1.54, 1.807) is 17.4 Å². The highest BCUT2D eigenvalue weighted by atomic mass is 35.5. The number of carbonyl (C=O) groups is 1. The van der Waals surface area contributed by atoms with Crippen LogP contribution in [0.2, 0.25) is 10.0 Å². The van der Waals surface area contributed by atoms with Crippen LogP contribution in [0.1, 0.15) is 12.8 Å². The summed E-state index contributed by atoms with van der Waals surface area (Å²) in [4.78, 5) is 13.9. The van der Waals surface area contributed by atoms with Gasteiger partial charge in [0.25, 0.3) is 0 Å². The molecule has 1 fully saturated rings. The fraction of sp³-hybridized carbons (Fsp3) is 0.227. The number of piperidine rings is 1. The van der Waals surface area contributed by atoms with E-state index in [1.165, 1.54) is 16.4 Å². The number of anilines is 1. The van der Waals surface area contributed by atoms with E-state index in [0.29, 0.717) is 12.8 Å². The number of carbonyl (C=O) groups excluding carboxylic acids is 1. The SMILES string of the molecule is O=C(Nc1ccccc1-c1cccs1)C1CCN(S(=O)(=O)c2c(Cl)cccc2Cl)CC1. The number of amides is 1. The van der Waals surface area contributed by atoms with Gasteiger partial charge in [-0.15, -0.1) is 11.3 Å². The van der Waals surface area contributed by atoms with Crippen LogP contribution in [-0.2, 0) is 14.8 Å². The standard InChI is InChI=1S/C22H20Cl2N2O3S2/c23-17-6-3-7-18(24)21(17)31(28,29)26-12-10-15(11-13-26)22(27)25-19-8-2-1-5-16(19)20-9-4-14-30-20/h1-9,14-15H,10-13H2,(H,25,27). The summed E-state index contributed by atoms with van der Waals surface area (Å²) in [5.41, 5.74) is 1.73. The molecule has 2 aromatic carbocycles. The summed E-state index contributed by atoms with van der Waals surface area (Å²) in [7, 11) is -3.83. The molecule has 9 heteroatoms. The first-order valence-electron chi connectivity index (χ1n) is 9.76. The lowest BCUT2D eigenvalue weighted by Gasteiger charge is -2.31. The molecule has 0 aliphatic carbocycles. The Balaban J connectivity index is 1.45. The van der Waals surface area contributed by atoms with Gasteiger partial charge in [-0.3, -0.25) is 4.79 Å². The van der Waals surface area contributed by atoms with Gasteiger partial charge in [0.2, 0.25) is 15.9 Å². The largest absolute Gasteiger partial charge is 0.325 e. The Hall–Kier alpha value is -1.90. The molecule has 1 aromatic heterocycles. The van der Waals surface area contributed by atoms with Crippen LogP contribution in [0.5, 0.6) is 0 Å². The Morgan fingerprint density at radius 3 is 2.29 bits per heavy atom. The summed E-state index contributed by atoms with van der Waals surface area (Å²) >= 11 is 13.8. The van der Waals surface area contributed by atoms with Crippen molar-refractivity contribution in [3.63, 3.8) is 0 Å². The smallest absolute Gasteiger partial charge is 0.246 e. The van der Waals surface area contributed by atoms with Crippen molar-refractivity contribution >= 4 is 56.2 Å². The number of nitrogens with zero attached hydrogens (tertiary/aromatic N) is 1. The fourth-order valence-electron chi connectivity index (χ4n) is 3.69. The van der Waals surface area contributed by atoms with Crippen molar-refractivity contribution in [1.82, 2.24) is 4.31 Å². The third-order valence-electron chi connectivity index (χ3n) is 5.31. The molecule has 1 aliphatic heterocycles. The maximum Gasteiger partial charge on any atom is 0.246 e. The summed E-state index contributed by atoms with van der Waals surface area (Å²) in [5, 5.41) is 5.21. The van der Waals surface area contributed by atoms with E-state index >= 15 is 0 Å². The number of halogens is 2. The Morgan fingerprint density at radius 1 is 0.968 bits per heavy atom. The first-order valence-corrected chi connectivity index (χ1v) is 12.8. The van der Waals surface area contributed by atoms with E-state index in [0.717, 1.165) is 16.1 Å². The lowest BCUT2D eigenvalue weighted by Crippen LogP contribution is -2.41. The van der Waals surface area contributed by atoms with Crippen LogP contribution < -0.4 is 5.32 Å². The minimum atomic E-state index is -3.83. The van der Waals surface area contributed by atoms with Gasteiger partial charge < -0.3 is 5.32 Å². The molecule has 0 saturated carbocycles. The number of sulfonamides is 1. The third-order valence-corrected chi connectivity index (χ3v) is 9.07. The Morgan fingerprint density at radius 2 is 1.65 bits per heavy atom. The van der Waals surface area contributed by atoms with E-state index in [4.69, 9.17) is 23.2 Å². The van der Waals surface area contributed by atoms with Crippen molar-refractivity contribution in [2.45, 2.75) is 17.7 Å². The first-order chi connectivity index (χ1) is 14.9. The van der Waals surface area contributed by atoms with Crippen LogP contribution in [0.25, 0.3) is 10.4 Å². The minimum Gasteiger partial charge on any atom is -0.325 e. The average molecular weight is 495 g/mol. The molecule has 0 bridgehead atoms. The molecule has 5 nitrogen and oxygen atoms in total. The summed E-state index contributed by atoms with van der Waals surface area (Å²) in [6.45, 7) is 0.461. The van der Waals surface area contributed by atoms with Crippen LogP contribution in [0.4, 0.5) is 5.69 Å². The van der Waals surface area contributed by atoms with Gasteiger partial charge in [-0.05, 0) is 42.5 Å². The number of hydrogen-bond acceptors (Lipinski definition) is 4. The molecule has 2 heterocycles. The molecule has 1 amide bonds. The predicted molar refractivity (Wildman–Crippen MR) is 126 cm³/mol. The minimum absolute atomic E-state index is 0.0777. The number of para-hydroxylation sites is 1. The Labute approximate surface area is 195 Å². The fourth-order valence-corrected chi connectivity index (χ4v) is 7.02. The molecule has 0 unspecified atom stereocenters. The number of nitrogens with one attached hydrogen (secondary N) is 1. The summed E-state index contributed by atoms with van der Waals surface area (Å²) < 4.78 is 27.4. The zero-order valence-electron chi connectivity index (χ0n) is 16.4. The molecule has 162 valence electrons. The molecule has 1 saturated heterocycles. The third kappa shape index (κ3) is 4.66. The van der Waals surface area contributed by atoms with Crippen LogP contribution in [0, 0.1) is 5.92 Å². The van der Waals surface area contributed by atoms with Gasteiger partial charge in [0.1, 0.15) is 4.90 Å². The predicted octanol–water partition coefficient (Wildman–Crippen LogP) is 5.76. The second-order valence-corrected chi connectivity index (χ2v) is 10.9. The van der Waals surface area contributed by atoms with E-state index in [9.17, 15) is 13.2 Å². The van der Waals surface area contributed by atoms with Crippen LogP contribution in [0.15, 0.2) is 64.9 Å². The van der Waals surface area contributed by atoms with Gasteiger partial charge >= 0.3 is 0 Å². The van der Waals surface area contributed by atoms with E-state index in [2.05, 4.69) is 5.32 Å². The number of rotatable bonds is 5. The highest BCUT2D eigenvalue weighted by Crippen LogP contribution is 2.35. The molecular formula is C22H20Cl2N2O3S2. The van der Waals surface area contributed by atoms with Gasteiger partial charge in [0, 0.05) is 35.1 Å². The van der Waals surface area contributed by atoms with Gasteiger partial charge in [-0.1, -0.05) is 53.5 Å². The average Bonchev–Trinajstić information content (AvgIpc) is 3.29. The van der Waals surface area contributed by atoms with Crippen LogP contribution in [-0.4, -0.2) is 31.7 Å². The van der Waals surface area contributed by atoms with Crippen molar-refractivity contribution in [3.8, 4) is 10.4 Å². The monoisotopic (exact) mass is 494 g/mol. The summed E-state index contributed by atoms with van der Waals surface area (Å²) in [6, 6.07) is 16.3. The van der Waals surface area contributed by atoms with Crippen LogP contribution in [0.3, 0.4) is 0 Å². The zero-order valence-corrected chi connectivity index (χ0v) is 19.6. The Bertz CT molecular complexity index is 1170. The number of thiophene rings is 1. The normalized spacial score (nSPS) is 15.7. The quantitative estimate of drug-likeness (QED) is 0.490. The lowest BCUT2D eigenvalue weighted by molar-refractivity contribution is -0.120. The molecule has 0 atom stereocenters. The van der Waals surface area contributed by atoms with Crippen molar-refractivity contribution in [1.29, 1.82) is 0 Å². The molecule has 1 aliphatic rings. The number of hydrogen-bond donors (Lipinski definition) is 1. The van der Waals surface area contributed by atoms with E-state index in [-0.39, 0.29) is 39.9 Å². The molecule has 3 aromatic rings. The maximum atomic E-state index is 13.0. The van der Waals surface area contributed by atoms with Gasteiger partial charge in [-0.2, -0.15) is 4.31 Å². The molecule has 1 N–H and O–H groups in total. The van der Waals surface area contributed by atoms with Gasteiger partial charge in [0.05, 0.1) is 10.0 Å². The topological polar surface area (TPSA) is 66.5 Å². The van der Waals surface area contributed by atoms with Crippen LogP contribution >= 0.6 is 34.5 Å². The number of benzene rings is 2. The second kappa shape index (κ2) is 9.30. The highest BCUT2D eigenvalue weighted by molar-refractivity contribution is 7.89. The van der Waals surface area contributed by atoms with Crippen molar-refractivity contribution in [3.05, 3.63) is 70.0 Å². The highest BCUT2D eigenvalue weighted by Gasteiger charge is 2.34.